The number of halogens is 1. The third-order valence-corrected chi connectivity index (χ3v) is 5.34. The van der Waals surface area contributed by atoms with Crippen molar-refractivity contribution < 1.29 is 22.3 Å². The molecule has 0 saturated carbocycles. The Kier molecular flexibility index (Phi) is 4.95. The van der Waals surface area contributed by atoms with Crippen LogP contribution in [0.4, 0.5) is 15.8 Å². The average Bonchev–Trinajstić information content (AvgIpc) is 2.62. The van der Waals surface area contributed by atoms with Crippen molar-refractivity contribution in [2.24, 2.45) is 5.73 Å². The van der Waals surface area contributed by atoms with E-state index in [-0.39, 0.29) is 21.9 Å². The number of ether oxygens (including phenoxy) is 1. The van der Waals surface area contributed by atoms with Gasteiger partial charge in [-0.3, -0.25) is 9.78 Å². The highest BCUT2D eigenvalue weighted by Crippen LogP contribution is 2.33. The maximum absolute atomic E-state index is 13.7. The van der Waals surface area contributed by atoms with Crippen molar-refractivity contribution in [3.63, 3.8) is 0 Å². The number of aryl methyl sites for hydroxylation is 1. The normalized spacial score (nSPS) is 11.4. The molecule has 1 amide bonds. The van der Waals surface area contributed by atoms with Crippen LogP contribution in [0.5, 0.6) is 5.75 Å². The van der Waals surface area contributed by atoms with Crippen molar-refractivity contribution in [1.29, 1.82) is 0 Å². The van der Waals surface area contributed by atoms with E-state index in [9.17, 15) is 17.6 Å². The first-order valence-electron chi connectivity index (χ1n) is 8.15. The molecule has 0 aliphatic carbocycles. The number of primary amides is 1. The van der Waals surface area contributed by atoms with Crippen molar-refractivity contribution in [3.8, 4) is 5.75 Å². The van der Waals surface area contributed by atoms with Crippen LogP contribution in [0.25, 0.3) is 10.9 Å². The lowest BCUT2D eigenvalue weighted by atomic mass is 10.1. The number of sulfone groups is 1. The molecule has 3 N–H and O–H groups in total. The van der Waals surface area contributed by atoms with Crippen LogP contribution in [0.3, 0.4) is 0 Å². The third kappa shape index (κ3) is 3.61. The number of rotatable bonds is 5. The van der Waals surface area contributed by atoms with Crippen LogP contribution in [0, 0.1) is 12.7 Å². The molecule has 0 fully saturated rings. The van der Waals surface area contributed by atoms with Crippen LogP contribution in [0.2, 0.25) is 0 Å². The summed E-state index contributed by atoms with van der Waals surface area (Å²) in [6.07, 6.45) is 2.41. The molecule has 0 bridgehead atoms. The Bertz CT molecular complexity index is 1210. The Morgan fingerprint density at radius 2 is 1.96 bits per heavy atom. The van der Waals surface area contributed by atoms with Gasteiger partial charge >= 0.3 is 0 Å². The van der Waals surface area contributed by atoms with Gasteiger partial charge in [0.25, 0.3) is 5.91 Å². The molecule has 146 valence electrons. The molecule has 0 aliphatic heterocycles. The third-order valence-electron chi connectivity index (χ3n) is 4.25. The van der Waals surface area contributed by atoms with Crippen LogP contribution in [0.15, 0.2) is 41.4 Å². The summed E-state index contributed by atoms with van der Waals surface area (Å²) in [5.74, 6) is -1.27. The molecule has 0 saturated heterocycles. The van der Waals surface area contributed by atoms with E-state index in [1.54, 1.807) is 6.92 Å². The topological polar surface area (TPSA) is 111 Å². The molecule has 0 unspecified atom stereocenters. The fourth-order valence-corrected chi connectivity index (χ4v) is 3.59. The molecular weight excluding hydrogens is 385 g/mol. The van der Waals surface area contributed by atoms with E-state index in [4.69, 9.17) is 10.5 Å². The van der Waals surface area contributed by atoms with Crippen LogP contribution in [-0.2, 0) is 9.84 Å². The van der Waals surface area contributed by atoms with E-state index in [0.29, 0.717) is 22.2 Å². The van der Waals surface area contributed by atoms with Crippen molar-refractivity contribution >= 4 is 38.0 Å². The highest BCUT2D eigenvalue weighted by Gasteiger charge is 2.18. The first-order valence-corrected chi connectivity index (χ1v) is 10.0. The molecule has 0 spiro atoms. The zero-order valence-electron chi connectivity index (χ0n) is 15.4. The van der Waals surface area contributed by atoms with Crippen LogP contribution >= 0.6 is 0 Å². The Balaban J connectivity index is 2.30. The summed E-state index contributed by atoms with van der Waals surface area (Å²) >= 11 is 0. The smallest absolute Gasteiger partial charge is 0.252 e. The van der Waals surface area contributed by atoms with Gasteiger partial charge in [-0.2, -0.15) is 0 Å². The number of carbonyl (C=O) groups excluding carboxylic acids is 1. The summed E-state index contributed by atoms with van der Waals surface area (Å²) in [4.78, 5) is 16.3. The number of hydrogen-bond acceptors (Lipinski definition) is 6. The maximum Gasteiger partial charge on any atom is 0.252 e. The van der Waals surface area contributed by atoms with Gasteiger partial charge < -0.3 is 15.8 Å². The number of nitrogens with one attached hydrogen (secondary N) is 1. The molecule has 7 nitrogen and oxygen atoms in total. The number of carbonyl (C=O) groups is 1. The summed E-state index contributed by atoms with van der Waals surface area (Å²) in [5.41, 5.74) is 7.38. The molecule has 28 heavy (non-hydrogen) atoms. The number of amides is 1. The number of anilines is 2. The lowest BCUT2D eigenvalue weighted by molar-refractivity contribution is 0.100. The van der Waals surface area contributed by atoms with Gasteiger partial charge in [-0.05, 0) is 36.8 Å². The molecular formula is C19H18FN3O4S. The lowest BCUT2D eigenvalue weighted by Gasteiger charge is -2.16. The van der Waals surface area contributed by atoms with Crippen LogP contribution < -0.4 is 15.8 Å². The van der Waals surface area contributed by atoms with E-state index < -0.39 is 21.6 Å². The zero-order chi connectivity index (χ0) is 20.6. The summed E-state index contributed by atoms with van der Waals surface area (Å²) in [6.45, 7) is 1.72. The first-order chi connectivity index (χ1) is 13.1. The summed E-state index contributed by atoms with van der Waals surface area (Å²) in [7, 11) is -2.16. The summed E-state index contributed by atoms with van der Waals surface area (Å²) in [6, 6.07) is 7.03. The molecule has 3 rings (SSSR count). The predicted molar refractivity (Wildman–Crippen MR) is 104 cm³/mol. The van der Waals surface area contributed by atoms with E-state index in [1.807, 2.05) is 0 Å². The van der Waals surface area contributed by atoms with Crippen molar-refractivity contribution in [2.75, 3.05) is 18.7 Å². The number of aromatic nitrogens is 1. The number of pyridine rings is 1. The van der Waals surface area contributed by atoms with Gasteiger partial charge in [-0.15, -0.1) is 0 Å². The predicted octanol–water partition coefficient (Wildman–Crippen LogP) is 2.94. The summed E-state index contributed by atoms with van der Waals surface area (Å²) < 4.78 is 42.8. The average molecular weight is 403 g/mol. The zero-order valence-corrected chi connectivity index (χ0v) is 16.2. The van der Waals surface area contributed by atoms with Crippen molar-refractivity contribution in [1.82, 2.24) is 4.98 Å². The van der Waals surface area contributed by atoms with Gasteiger partial charge in [0.2, 0.25) is 0 Å². The van der Waals surface area contributed by atoms with Crippen molar-refractivity contribution in [3.05, 3.63) is 53.5 Å². The minimum absolute atomic E-state index is 0.0111. The minimum atomic E-state index is -3.50. The van der Waals surface area contributed by atoms with E-state index in [0.717, 1.165) is 6.26 Å². The number of methoxy groups -OCH3 is 1. The van der Waals surface area contributed by atoms with Gasteiger partial charge in [0.15, 0.2) is 21.4 Å². The Hall–Kier alpha value is -3.20. The fraction of sp³-hybridized carbons (Fsp3) is 0.158. The second kappa shape index (κ2) is 7.08. The van der Waals surface area contributed by atoms with Gasteiger partial charge in [0.05, 0.1) is 28.8 Å². The highest BCUT2D eigenvalue weighted by molar-refractivity contribution is 7.90. The standard InChI is InChI=1S/C19H18FN3O4S/c1-10-6-12(28(3,25)26)8-13-17(10)22-9-14(19(21)24)18(13)23-11-4-5-15(20)16(7-11)27-2/h4-9H,1-3H3,(H2,21,24)(H,22,23). The number of nitrogens with zero attached hydrogens (tertiary/aromatic N) is 1. The van der Waals surface area contributed by atoms with E-state index in [1.165, 1.54) is 43.6 Å². The monoisotopic (exact) mass is 403 g/mol. The first kappa shape index (κ1) is 19.6. The van der Waals surface area contributed by atoms with Crippen LogP contribution in [0.1, 0.15) is 15.9 Å². The Morgan fingerprint density at radius 3 is 2.57 bits per heavy atom. The Morgan fingerprint density at radius 1 is 1.25 bits per heavy atom. The van der Waals surface area contributed by atoms with Crippen molar-refractivity contribution in [2.45, 2.75) is 11.8 Å². The molecule has 0 aliphatic rings. The van der Waals surface area contributed by atoms with E-state index in [2.05, 4.69) is 10.3 Å². The van der Waals surface area contributed by atoms with Gasteiger partial charge in [0.1, 0.15) is 0 Å². The second-order valence-electron chi connectivity index (χ2n) is 6.29. The van der Waals surface area contributed by atoms with Crippen LogP contribution in [-0.4, -0.2) is 32.7 Å². The maximum atomic E-state index is 13.7. The van der Waals surface area contributed by atoms with E-state index >= 15 is 0 Å². The number of hydrogen-bond donors (Lipinski definition) is 2. The van der Waals surface area contributed by atoms with Gasteiger partial charge in [-0.25, -0.2) is 12.8 Å². The quantitative estimate of drug-likeness (QED) is 0.678. The molecule has 1 aromatic heterocycles. The molecule has 2 aromatic carbocycles. The van der Waals surface area contributed by atoms with Gasteiger partial charge in [0, 0.05) is 29.6 Å². The lowest BCUT2D eigenvalue weighted by Crippen LogP contribution is -2.14. The highest BCUT2D eigenvalue weighted by atomic mass is 32.2. The molecule has 0 atom stereocenters. The second-order valence-corrected chi connectivity index (χ2v) is 8.31. The molecule has 9 heteroatoms. The summed E-state index contributed by atoms with van der Waals surface area (Å²) in [5, 5.41) is 3.43. The van der Waals surface area contributed by atoms with Gasteiger partial charge in [-0.1, -0.05) is 0 Å². The number of fused-ring (bicyclic) bond motifs is 1. The number of benzene rings is 2. The molecule has 3 aromatic rings. The number of nitrogens with two attached hydrogens (primary N) is 1. The molecule has 0 radical (unpaired) electrons. The minimum Gasteiger partial charge on any atom is -0.494 e. The fourth-order valence-electron chi connectivity index (χ4n) is 2.86. The molecule has 1 heterocycles. The SMILES string of the molecule is COc1cc(Nc2c(C(N)=O)cnc3c(C)cc(S(C)(=O)=O)cc23)ccc1F. The largest absolute Gasteiger partial charge is 0.494 e. The Labute approximate surface area is 161 Å².